The molecule has 1 fully saturated rings. The standard InChI is InChI=1S/C17H33NO2/c1-16(2,3)12-13-8-10-14(11-9-13)18(7)15(19)20-17(4,5)6/h13-14H,8-12H2,1-7H3. The normalized spacial score (nSPS) is 24.4. The molecule has 1 rings (SSSR count). The average Bonchev–Trinajstić information content (AvgIpc) is 2.24. The van der Waals surface area contributed by atoms with Crippen LogP contribution in [0.4, 0.5) is 4.79 Å². The average molecular weight is 283 g/mol. The zero-order valence-corrected chi connectivity index (χ0v) is 14.5. The number of hydrogen-bond donors (Lipinski definition) is 0. The van der Waals surface area contributed by atoms with Gasteiger partial charge < -0.3 is 9.64 Å². The monoisotopic (exact) mass is 283 g/mol. The van der Waals surface area contributed by atoms with Gasteiger partial charge in [-0.25, -0.2) is 4.79 Å². The molecule has 3 heteroatoms. The zero-order valence-electron chi connectivity index (χ0n) is 14.5. The van der Waals surface area contributed by atoms with E-state index in [4.69, 9.17) is 4.74 Å². The molecule has 0 heterocycles. The second kappa shape index (κ2) is 6.36. The minimum Gasteiger partial charge on any atom is -0.444 e. The van der Waals surface area contributed by atoms with Crippen LogP contribution in [0.3, 0.4) is 0 Å². The summed E-state index contributed by atoms with van der Waals surface area (Å²) < 4.78 is 5.45. The number of rotatable bonds is 2. The van der Waals surface area contributed by atoms with Crippen molar-refractivity contribution in [2.24, 2.45) is 11.3 Å². The highest BCUT2D eigenvalue weighted by Crippen LogP contribution is 2.35. The summed E-state index contributed by atoms with van der Waals surface area (Å²) >= 11 is 0. The summed E-state index contributed by atoms with van der Waals surface area (Å²) in [6.45, 7) is 12.7. The van der Waals surface area contributed by atoms with Crippen LogP contribution in [0.25, 0.3) is 0 Å². The lowest BCUT2D eigenvalue weighted by molar-refractivity contribution is 0.0164. The van der Waals surface area contributed by atoms with Gasteiger partial charge in [-0.1, -0.05) is 20.8 Å². The molecule has 0 bridgehead atoms. The predicted octanol–water partition coefficient (Wildman–Crippen LogP) is 4.85. The summed E-state index contributed by atoms with van der Waals surface area (Å²) in [7, 11) is 1.88. The SMILES string of the molecule is CN(C(=O)OC(C)(C)C)C1CCC(CC(C)(C)C)CC1. The van der Waals surface area contributed by atoms with Crippen molar-refractivity contribution in [3.05, 3.63) is 0 Å². The first-order chi connectivity index (χ1) is 8.98. The van der Waals surface area contributed by atoms with Crippen LogP contribution in [0, 0.1) is 11.3 Å². The van der Waals surface area contributed by atoms with Crippen molar-refractivity contribution in [1.29, 1.82) is 0 Å². The molecule has 118 valence electrons. The van der Waals surface area contributed by atoms with E-state index < -0.39 is 5.60 Å². The zero-order chi connectivity index (χ0) is 15.6. The van der Waals surface area contributed by atoms with Crippen molar-refractivity contribution in [2.45, 2.75) is 85.3 Å². The van der Waals surface area contributed by atoms with Crippen LogP contribution in [-0.4, -0.2) is 29.7 Å². The Balaban J connectivity index is 2.43. The number of amides is 1. The third-order valence-corrected chi connectivity index (χ3v) is 3.95. The predicted molar refractivity (Wildman–Crippen MR) is 83.8 cm³/mol. The molecular formula is C17H33NO2. The number of ether oxygens (including phenoxy) is 1. The van der Waals surface area contributed by atoms with Crippen molar-refractivity contribution in [2.75, 3.05) is 7.05 Å². The van der Waals surface area contributed by atoms with E-state index >= 15 is 0 Å². The number of nitrogens with zero attached hydrogens (tertiary/aromatic N) is 1. The highest BCUT2D eigenvalue weighted by Gasteiger charge is 2.30. The van der Waals surface area contributed by atoms with Crippen LogP contribution in [0.15, 0.2) is 0 Å². The molecule has 1 amide bonds. The van der Waals surface area contributed by atoms with Gasteiger partial charge in [0.15, 0.2) is 0 Å². The molecule has 3 nitrogen and oxygen atoms in total. The van der Waals surface area contributed by atoms with Gasteiger partial charge in [-0.15, -0.1) is 0 Å². The van der Waals surface area contributed by atoms with Gasteiger partial charge in [0, 0.05) is 13.1 Å². The molecule has 0 atom stereocenters. The second-order valence-corrected chi connectivity index (χ2v) is 8.53. The first-order valence-electron chi connectivity index (χ1n) is 7.94. The Kier molecular flexibility index (Phi) is 5.51. The molecule has 0 saturated heterocycles. The van der Waals surface area contributed by atoms with Crippen molar-refractivity contribution in [1.82, 2.24) is 4.90 Å². The smallest absolute Gasteiger partial charge is 0.410 e. The Labute approximate surface area is 125 Å². The highest BCUT2D eigenvalue weighted by molar-refractivity contribution is 5.68. The van der Waals surface area contributed by atoms with E-state index in [-0.39, 0.29) is 6.09 Å². The Bertz CT molecular complexity index is 317. The third-order valence-electron chi connectivity index (χ3n) is 3.95. The van der Waals surface area contributed by atoms with Gasteiger partial charge in [-0.2, -0.15) is 0 Å². The molecule has 1 aliphatic carbocycles. The van der Waals surface area contributed by atoms with Gasteiger partial charge in [0.05, 0.1) is 0 Å². The molecule has 0 aromatic heterocycles. The van der Waals surface area contributed by atoms with E-state index in [1.54, 1.807) is 4.90 Å². The lowest BCUT2D eigenvalue weighted by atomic mass is 9.76. The molecule has 0 N–H and O–H groups in total. The number of carbonyl (C=O) groups excluding carboxylic acids is 1. The summed E-state index contributed by atoms with van der Waals surface area (Å²) in [6, 6.07) is 0.348. The Hall–Kier alpha value is -0.730. The van der Waals surface area contributed by atoms with Crippen LogP contribution >= 0.6 is 0 Å². The Morgan fingerprint density at radius 2 is 1.55 bits per heavy atom. The third kappa shape index (κ3) is 6.15. The van der Waals surface area contributed by atoms with Crippen LogP contribution in [0.5, 0.6) is 0 Å². The molecule has 1 aliphatic rings. The van der Waals surface area contributed by atoms with E-state index in [2.05, 4.69) is 20.8 Å². The summed E-state index contributed by atoms with van der Waals surface area (Å²) in [5, 5.41) is 0. The topological polar surface area (TPSA) is 29.5 Å². The Morgan fingerprint density at radius 1 is 1.05 bits per heavy atom. The summed E-state index contributed by atoms with van der Waals surface area (Å²) in [4.78, 5) is 13.9. The molecule has 1 saturated carbocycles. The maximum absolute atomic E-state index is 12.1. The lowest BCUT2D eigenvalue weighted by Gasteiger charge is -2.37. The van der Waals surface area contributed by atoms with Gasteiger partial charge >= 0.3 is 6.09 Å². The highest BCUT2D eigenvalue weighted by atomic mass is 16.6. The lowest BCUT2D eigenvalue weighted by Crippen LogP contribution is -2.42. The fourth-order valence-electron chi connectivity index (χ4n) is 3.09. The van der Waals surface area contributed by atoms with E-state index in [9.17, 15) is 4.79 Å². The molecule has 0 aliphatic heterocycles. The van der Waals surface area contributed by atoms with Crippen molar-refractivity contribution >= 4 is 6.09 Å². The van der Waals surface area contributed by atoms with Gasteiger partial charge in [0.2, 0.25) is 0 Å². The van der Waals surface area contributed by atoms with Crippen LogP contribution in [0.2, 0.25) is 0 Å². The van der Waals surface area contributed by atoms with Crippen molar-refractivity contribution in [3.8, 4) is 0 Å². The minimum absolute atomic E-state index is 0.184. The minimum atomic E-state index is -0.408. The number of hydrogen-bond acceptors (Lipinski definition) is 2. The molecule has 0 unspecified atom stereocenters. The molecule has 0 spiro atoms. The molecule has 0 radical (unpaired) electrons. The fraction of sp³-hybridized carbons (Fsp3) is 0.941. The van der Waals surface area contributed by atoms with Gasteiger partial charge in [0.1, 0.15) is 5.60 Å². The first-order valence-corrected chi connectivity index (χ1v) is 7.94. The summed E-state index contributed by atoms with van der Waals surface area (Å²) in [5.41, 5.74) is 0.00332. The van der Waals surface area contributed by atoms with Crippen molar-refractivity contribution in [3.63, 3.8) is 0 Å². The van der Waals surface area contributed by atoms with Gasteiger partial charge in [0.25, 0.3) is 0 Å². The molecule has 0 aromatic rings. The van der Waals surface area contributed by atoms with Gasteiger partial charge in [-0.3, -0.25) is 0 Å². The fourth-order valence-corrected chi connectivity index (χ4v) is 3.09. The largest absolute Gasteiger partial charge is 0.444 e. The maximum Gasteiger partial charge on any atom is 0.410 e. The summed E-state index contributed by atoms with van der Waals surface area (Å²) in [5.74, 6) is 0.818. The first kappa shape index (κ1) is 17.3. The molecule has 20 heavy (non-hydrogen) atoms. The number of carbonyl (C=O) groups is 1. The quantitative estimate of drug-likeness (QED) is 0.725. The second-order valence-electron chi connectivity index (χ2n) is 8.53. The van der Waals surface area contributed by atoms with E-state index in [0.29, 0.717) is 11.5 Å². The van der Waals surface area contributed by atoms with Crippen molar-refractivity contribution < 1.29 is 9.53 Å². The van der Waals surface area contributed by atoms with Gasteiger partial charge in [-0.05, 0) is 64.2 Å². The van der Waals surface area contributed by atoms with E-state index in [0.717, 1.165) is 18.8 Å². The summed E-state index contributed by atoms with van der Waals surface area (Å²) in [6.07, 6.45) is 5.78. The van der Waals surface area contributed by atoms with E-state index in [1.165, 1.54) is 19.3 Å². The molecule has 0 aromatic carbocycles. The Morgan fingerprint density at radius 3 is 1.95 bits per heavy atom. The maximum atomic E-state index is 12.1. The van der Waals surface area contributed by atoms with Crippen LogP contribution in [0.1, 0.15) is 73.6 Å². The van der Waals surface area contributed by atoms with Crippen LogP contribution < -0.4 is 0 Å². The van der Waals surface area contributed by atoms with Crippen LogP contribution in [-0.2, 0) is 4.74 Å². The molecular weight excluding hydrogens is 250 g/mol. The van der Waals surface area contributed by atoms with E-state index in [1.807, 2.05) is 27.8 Å².